The molecule has 2 aromatic rings. The van der Waals surface area contributed by atoms with Crippen LogP contribution in [-0.2, 0) is 26.2 Å². The van der Waals surface area contributed by atoms with Crippen molar-refractivity contribution in [3.8, 4) is 0 Å². The molecule has 0 heterocycles. The van der Waals surface area contributed by atoms with Gasteiger partial charge in [0.2, 0.25) is 21.8 Å². The van der Waals surface area contributed by atoms with Gasteiger partial charge in [-0.05, 0) is 68.0 Å². The first-order valence-corrected chi connectivity index (χ1v) is 14.2. The summed E-state index contributed by atoms with van der Waals surface area (Å²) in [7, 11) is -3.80. The van der Waals surface area contributed by atoms with Crippen molar-refractivity contribution in [2.24, 2.45) is 0 Å². The van der Waals surface area contributed by atoms with E-state index in [1.54, 1.807) is 24.3 Å². The lowest BCUT2D eigenvalue weighted by molar-refractivity contribution is -0.140. The number of benzene rings is 2. The van der Waals surface area contributed by atoms with Gasteiger partial charge in [-0.3, -0.25) is 13.9 Å². The van der Waals surface area contributed by atoms with Crippen LogP contribution in [0, 0.1) is 19.7 Å². The van der Waals surface area contributed by atoms with Crippen molar-refractivity contribution in [3.05, 3.63) is 65.0 Å². The second-order valence-electron chi connectivity index (χ2n) is 9.55. The normalized spacial score (nSPS) is 14.9. The van der Waals surface area contributed by atoms with E-state index in [9.17, 15) is 22.4 Å². The number of hydrogen-bond acceptors (Lipinski definition) is 4. The molecule has 1 N–H and O–H groups in total. The molecule has 9 heteroatoms. The van der Waals surface area contributed by atoms with Gasteiger partial charge in [0.05, 0.1) is 11.9 Å². The Bertz CT molecular complexity index is 1180. The highest BCUT2D eigenvalue weighted by molar-refractivity contribution is 7.92. The molecular weight excluding hydrogens is 481 g/mol. The Kier molecular flexibility index (Phi) is 9.11. The second-order valence-corrected chi connectivity index (χ2v) is 11.5. The van der Waals surface area contributed by atoms with E-state index in [0.717, 1.165) is 47.4 Å². The summed E-state index contributed by atoms with van der Waals surface area (Å²) in [6.07, 6.45) is 5.34. The summed E-state index contributed by atoms with van der Waals surface area (Å²) in [5.41, 5.74) is 2.73. The third-order valence-corrected chi connectivity index (χ3v) is 8.00. The van der Waals surface area contributed by atoms with Crippen LogP contribution in [-0.4, -0.2) is 50.0 Å². The van der Waals surface area contributed by atoms with Gasteiger partial charge in [0.1, 0.15) is 18.4 Å². The zero-order valence-corrected chi connectivity index (χ0v) is 22.3. The van der Waals surface area contributed by atoms with Gasteiger partial charge in [0.25, 0.3) is 0 Å². The summed E-state index contributed by atoms with van der Waals surface area (Å²) in [6.45, 7) is 5.12. The molecule has 0 spiro atoms. The quantitative estimate of drug-likeness (QED) is 0.515. The zero-order valence-electron chi connectivity index (χ0n) is 21.5. The Labute approximate surface area is 213 Å². The van der Waals surface area contributed by atoms with Gasteiger partial charge in [-0.15, -0.1) is 0 Å². The van der Waals surface area contributed by atoms with Crippen molar-refractivity contribution in [3.63, 3.8) is 0 Å². The number of nitrogens with zero attached hydrogens (tertiary/aromatic N) is 2. The predicted octanol–water partition coefficient (Wildman–Crippen LogP) is 4.07. The van der Waals surface area contributed by atoms with Gasteiger partial charge in [-0.1, -0.05) is 44.0 Å². The van der Waals surface area contributed by atoms with Crippen LogP contribution in [0.4, 0.5) is 10.1 Å². The minimum atomic E-state index is -3.80. The van der Waals surface area contributed by atoms with Crippen molar-refractivity contribution < 1.29 is 22.4 Å². The van der Waals surface area contributed by atoms with E-state index in [0.29, 0.717) is 17.7 Å². The largest absolute Gasteiger partial charge is 0.352 e. The van der Waals surface area contributed by atoms with Crippen LogP contribution < -0.4 is 9.62 Å². The van der Waals surface area contributed by atoms with Crippen LogP contribution in [0.25, 0.3) is 0 Å². The summed E-state index contributed by atoms with van der Waals surface area (Å²) in [5.74, 6) is -1.16. The standard InChI is InChI=1S/C27H36FN3O4S/c1-5-24(27(33)29-23-10-6-7-11-23)30(17-21-13-15-22(28)16-14-21)26(32)18-31(36(4,34)35)25-12-8-9-19(2)20(25)3/h8-9,12-16,23-24H,5-7,10-11,17-18H2,1-4H3,(H,29,33). The van der Waals surface area contributed by atoms with Crippen LogP contribution in [0.1, 0.15) is 55.7 Å². The molecule has 1 unspecified atom stereocenters. The summed E-state index contributed by atoms with van der Waals surface area (Å²) in [6, 6.07) is 10.3. The van der Waals surface area contributed by atoms with Gasteiger partial charge in [-0.25, -0.2) is 12.8 Å². The fraction of sp³-hybridized carbons (Fsp3) is 0.481. The Morgan fingerprint density at radius 3 is 2.31 bits per heavy atom. The first kappa shape index (κ1) is 27.6. The number of carbonyl (C=O) groups excluding carboxylic acids is 2. The van der Waals surface area contributed by atoms with Gasteiger partial charge in [0.15, 0.2) is 0 Å². The molecule has 1 aliphatic carbocycles. The van der Waals surface area contributed by atoms with E-state index < -0.39 is 34.3 Å². The van der Waals surface area contributed by atoms with E-state index in [1.807, 2.05) is 26.8 Å². The number of amides is 2. The molecule has 0 bridgehead atoms. The van der Waals surface area contributed by atoms with Gasteiger partial charge in [-0.2, -0.15) is 0 Å². The smallest absolute Gasteiger partial charge is 0.244 e. The monoisotopic (exact) mass is 517 g/mol. The van der Waals surface area contributed by atoms with Crippen molar-refractivity contribution in [1.82, 2.24) is 10.2 Å². The van der Waals surface area contributed by atoms with Gasteiger partial charge >= 0.3 is 0 Å². The van der Waals surface area contributed by atoms with E-state index in [2.05, 4.69) is 5.32 Å². The SMILES string of the molecule is CCC(C(=O)NC1CCCC1)N(Cc1ccc(F)cc1)C(=O)CN(c1cccc(C)c1C)S(C)(=O)=O. The van der Waals surface area contributed by atoms with Crippen LogP contribution >= 0.6 is 0 Å². The Morgan fingerprint density at radius 2 is 1.72 bits per heavy atom. The van der Waals surface area contributed by atoms with Crippen molar-refractivity contribution in [1.29, 1.82) is 0 Å². The van der Waals surface area contributed by atoms with Crippen LogP contribution in [0.5, 0.6) is 0 Å². The van der Waals surface area contributed by atoms with Crippen LogP contribution in [0.3, 0.4) is 0 Å². The molecular formula is C27H36FN3O4S. The maximum atomic E-state index is 13.7. The molecule has 36 heavy (non-hydrogen) atoms. The third kappa shape index (κ3) is 6.84. The van der Waals surface area contributed by atoms with Gasteiger partial charge in [0, 0.05) is 12.6 Å². The molecule has 7 nitrogen and oxygen atoms in total. The molecule has 3 rings (SSSR count). The van der Waals surface area contributed by atoms with E-state index in [4.69, 9.17) is 0 Å². The summed E-state index contributed by atoms with van der Waals surface area (Å²) in [4.78, 5) is 28.4. The highest BCUT2D eigenvalue weighted by atomic mass is 32.2. The van der Waals surface area contributed by atoms with Crippen molar-refractivity contribution in [2.45, 2.75) is 71.5 Å². The third-order valence-electron chi connectivity index (χ3n) is 6.88. The van der Waals surface area contributed by atoms with Crippen molar-refractivity contribution >= 4 is 27.5 Å². The van der Waals surface area contributed by atoms with Crippen LogP contribution in [0.15, 0.2) is 42.5 Å². The van der Waals surface area contributed by atoms with Crippen LogP contribution in [0.2, 0.25) is 0 Å². The molecule has 196 valence electrons. The highest BCUT2D eigenvalue weighted by Crippen LogP contribution is 2.26. The van der Waals surface area contributed by atoms with E-state index in [-0.39, 0.29) is 18.5 Å². The molecule has 2 amide bonds. The number of anilines is 1. The molecule has 1 saturated carbocycles. The average molecular weight is 518 g/mol. The highest BCUT2D eigenvalue weighted by Gasteiger charge is 2.33. The minimum absolute atomic E-state index is 0.0557. The molecule has 1 fully saturated rings. The lowest BCUT2D eigenvalue weighted by atomic mass is 10.1. The number of sulfonamides is 1. The second kappa shape index (κ2) is 11.9. The minimum Gasteiger partial charge on any atom is -0.352 e. The molecule has 1 aliphatic rings. The zero-order chi connectivity index (χ0) is 26.5. The first-order valence-electron chi connectivity index (χ1n) is 12.4. The lowest BCUT2D eigenvalue weighted by Crippen LogP contribution is -2.53. The fourth-order valence-electron chi connectivity index (χ4n) is 4.67. The Hall–Kier alpha value is -2.94. The summed E-state index contributed by atoms with van der Waals surface area (Å²) < 4.78 is 40.2. The number of carbonyl (C=O) groups is 2. The molecule has 0 aromatic heterocycles. The number of aryl methyl sites for hydroxylation is 1. The lowest BCUT2D eigenvalue weighted by Gasteiger charge is -2.33. The predicted molar refractivity (Wildman–Crippen MR) is 140 cm³/mol. The number of rotatable bonds is 10. The summed E-state index contributed by atoms with van der Waals surface area (Å²) >= 11 is 0. The van der Waals surface area contributed by atoms with E-state index >= 15 is 0 Å². The molecule has 0 radical (unpaired) electrons. The average Bonchev–Trinajstić information content (AvgIpc) is 3.33. The van der Waals surface area contributed by atoms with Crippen molar-refractivity contribution in [2.75, 3.05) is 17.1 Å². The number of halogens is 1. The summed E-state index contributed by atoms with van der Waals surface area (Å²) in [5, 5.41) is 3.07. The number of nitrogens with one attached hydrogen (secondary N) is 1. The fourth-order valence-corrected chi connectivity index (χ4v) is 5.57. The molecule has 0 aliphatic heterocycles. The maximum absolute atomic E-state index is 13.7. The van der Waals surface area contributed by atoms with Gasteiger partial charge < -0.3 is 10.2 Å². The Morgan fingerprint density at radius 1 is 1.08 bits per heavy atom. The topological polar surface area (TPSA) is 86.8 Å². The van der Waals surface area contributed by atoms with E-state index in [1.165, 1.54) is 17.0 Å². The Balaban J connectivity index is 1.94. The first-order chi connectivity index (χ1) is 17.0. The maximum Gasteiger partial charge on any atom is 0.244 e. The molecule has 1 atom stereocenters. The molecule has 0 saturated heterocycles. The molecule has 2 aromatic carbocycles. The number of hydrogen-bond donors (Lipinski definition) is 1.